The SMILES string of the molecule is CN1CCN(C(=O)C2CCC(C(=O)Nc3ccc(F)c(Cl)c3)CC2)CC1. The highest BCUT2D eigenvalue weighted by atomic mass is 35.5. The fraction of sp³-hybridized carbons (Fsp3) is 0.579. The zero-order valence-electron chi connectivity index (χ0n) is 15.0. The first kappa shape index (κ1) is 19.1. The maximum Gasteiger partial charge on any atom is 0.227 e. The molecule has 0 atom stereocenters. The Morgan fingerprint density at radius 2 is 1.69 bits per heavy atom. The van der Waals surface area contributed by atoms with Crippen molar-refractivity contribution in [1.29, 1.82) is 0 Å². The Kier molecular flexibility index (Phi) is 6.14. The van der Waals surface area contributed by atoms with Gasteiger partial charge in [0.15, 0.2) is 0 Å². The molecular formula is C19H25ClFN3O2. The highest BCUT2D eigenvalue weighted by Crippen LogP contribution is 2.31. The number of likely N-dealkylation sites (N-methyl/N-ethyl adjacent to an activating group) is 1. The van der Waals surface area contributed by atoms with Crippen LogP contribution in [-0.2, 0) is 9.59 Å². The smallest absolute Gasteiger partial charge is 0.227 e. The molecule has 0 bridgehead atoms. The molecule has 2 aliphatic rings. The van der Waals surface area contributed by atoms with E-state index in [1.807, 2.05) is 4.90 Å². The molecule has 0 aromatic heterocycles. The van der Waals surface area contributed by atoms with Crippen molar-refractivity contribution in [1.82, 2.24) is 9.80 Å². The van der Waals surface area contributed by atoms with Crippen LogP contribution in [-0.4, -0.2) is 54.8 Å². The molecule has 1 heterocycles. The first-order valence-electron chi connectivity index (χ1n) is 9.17. The van der Waals surface area contributed by atoms with Gasteiger partial charge in [0, 0.05) is 43.7 Å². The van der Waals surface area contributed by atoms with E-state index in [9.17, 15) is 14.0 Å². The van der Waals surface area contributed by atoms with Crippen LogP contribution in [0.25, 0.3) is 0 Å². The lowest BCUT2D eigenvalue weighted by atomic mass is 9.80. The summed E-state index contributed by atoms with van der Waals surface area (Å²) >= 11 is 5.75. The third kappa shape index (κ3) is 4.54. The van der Waals surface area contributed by atoms with Crippen molar-refractivity contribution < 1.29 is 14.0 Å². The number of nitrogens with zero attached hydrogens (tertiary/aromatic N) is 2. The topological polar surface area (TPSA) is 52.7 Å². The monoisotopic (exact) mass is 381 g/mol. The highest BCUT2D eigenvalue weighted by molar-refractivity contribution is 6.31. The molecule has 142 valence electrons. The van der Waals surface area contributed by atoms with E-state index >= 15 is 0 Å². The summed E-state index contributed by atoms with van der Waals surface area (Å²) < 4.78 is 13.2. The maximum absolute atomic E-state index is 13.2. The van der Waals surface area contributed by atoms with Crippen molar-refractivity contribution in [2.45, 2.75) is 25.7 Å². The second-order valence-corrected chi connectivity index (χ2v) is 7.70. The summed E-state index contributed by atoms with van der Waals surface area (Å²) in [5.74, 6) is -0.439. The number of piperazine rings is 1. The summed E-state index contributed by atoms with van der Waals surface area (Å²) in [6.07, 6.45) is 2.89. The van der Waals surface area contributed by atoms with E-state index in [1.54, 1.807) is 0 Å². The molecule has 26 heavy (non-hydrogen) atoms. The van der Waals surface area contributed by atoms with Gasteiger partial charge in [-0.1, -0.05) is 11.6 Å². The minimum atomic E-state index is -0.507. The van der Waals surface area contributed by atoms with Crippen LogP contribution in [0, 0.1) is 17.7 Å². The normalized spacial score (nSPS) is 24.3. The molecule has 0 spiro atoms. The average Bonchev–Trinajstić information content (AvgIpc) is 2.65. The van der Waals surface area contributed by atoms with E-state index in [0.29, 0.717) is 18.5 Å². The Hall–Kier alpha value is -1.66. The fourth-order valence-electron chi connectivity index (χ4n) is 3.71. The minimum absolute atomic E-state index is 0.00992. The number of carbonyl (C=O) groups is 2. The quantitative estimate of drug-likeness (QED) is 0.875. The molecule has 1 N–H and O–H groups in total. The van der Waals surface area contributed by atoms with Crippen LogP contribution >= 0.6 is 11.6 Å². The van der Waals surface area contributed by atoms with Gasteiger partial charge in [0.05, 0.1) is 5.02 Å². The molecule has 2 fully saturated rings. The van der Waals surface area contributed by atoms with Crippen molar-refractivity contribution in [2.75, 3.05) is 38.5 Å². The van der Waals surface area contributed by atoms with Crippen molar-refractivity contribution in [3.05, 3.63) is 29.0 Å². The minimum Gasteiger partial charge on any atom is -0.340 e. The maximum atomic E-state index is 13.2. The lowest BCUT2D eigenvalue weighted by molar-refractivity contribution is -0.139. The van der Waals surface area contributed by atoms with Gasteiger partial charge in [-0.05, 0) is 50.9 Å². The first-order chi connectivity index (χ1) is 12.4. The van der Waals surface area contributed by atoms with Gasteiger partial charge in [-0.3, -0.25) is 9.59 Å². The zero-order chi connectivity index (χ0) is 18.7. The Morgan fingerprint density at radius 1 is 1.08 bits per heavy atom. The molecule has 2 amide bonds. The highest BCUT2D eigenvalue weighted by Gasteiger charge is 2.33. The first-order valence-corrected chi connectivity index (χ1v) is 9.55. The van der Waals surface area contributed by atoms with Gasteiger partial charge in [-0.15, -0.1) is 0 Å². The Labute approximate surface area is 158 Å². The third-order valence-corrected chi connectivity index (χ3v) is 5.74. The fourth-order valence-corrected chi connectivity index (χ4v) is 3.89. The number of amides is 2. The van der Waals surface area contributed by atoms with Gasteiger partial charge in [0.25, 0.3) is 0 Å². The number of hydrogen-bond donors (Lipinski definition) is 1. The molecule has 1 aliphatic carbocycles. The van der Waals surface area contributed by atoms with Crippen LogP contribution in [0.2, 0.25) is 5.02 Å². The molecule has 1 saturated heterocycles. The predicted octanol–water partition coefficient (Wildman–Crippen LogP) is 3.00. The van der Waals surface area contributed by atoms with E-state index in [1.165, 1.54) is 18.2 Å². The standard InChI is InChI=1S/C19H25ClFN3O2/c1-23-8-10-24(11-9-23)19(26)14-4-2-13(3-5-14)18(25)22-15-6-7-17(21)16(20)12-15/h6-7,12-14H,2-5,8-11H2,1H3,(H,22,25). The summed E-state index contributed by atoms with van der Waals surface area (Å²) in [5.41, 5.74) is 0.497. The number of hydrogen-bond acceptors (Lipinski definition) is 3. The summed E-state index contributed by atoms with van der Waals surface area (Å²) in [6.45, 7) is 3.43. The number of nitrogens with one attached hydrogen (secondary N) is 1. The Morgan fingerprint density at radius 3 is 2.31 bits per heavy atom. The van der Waals surface area contributed by atoms with Gasteiger partial charge in [0.2, 0.25) is 11.8 Å². The Balaban J connectivity index is 1.49. The van der Waals surface area contributed by atoms with E-state index in [4.69, 9.17) is 11.6 Å². The number of anilines is 1. The van der Waals surface area contributed by atoms with Gasteiger partial charge >= 0.3 is 0 Å². The van der Waals surface area contributed by atoms with Crippen LogP contribution < -0.4 is 5.32 Å². The van der Waals surface area contributed by atoms with Gasteiger partial charge in [-0.2, -0.15) is 0 Å². The van der Waals surface area contributed by atoms with E-state index in [-0.39, 0.29) is 28.7 Å². The summed E-state index contributed by atoms with van der Waals surface area (Å²) in [4.78, 5) is 29.3. The summed E-state index contributed by atoms with van der Waals surface area (Å²) in [5, 5.41) is 2.79. The predicted molar refractivity (Wildman–Crippen MR) is 99.6 cm³/mol. The van der Waals surface area contributed by atoms with Crippen LogP contribution in [0.1, 0.15) is 25.7 Å². The van der Waals surface area contributed by atoms with E-state index in [2.05, 4.69) is 17.3 Å². The molecule has 3 rings (SSSR count). The molecule has 1 aliphatic heterocycles. The largest absolute Gasteiger partial charge is 0.340 e. The molecule has 1 aromatic rings. The molecule has 1 aromatic carbocycles. The lowest BCUT2D eigenvalue weighted by Crippen LogP contribution is -2.49. The van der Waals surface area contributed by atoms with Gasteiger partial charge in [0.1, 0.15) is 5.82 Å². The van der Waals surface area contributed by atoms with Gasteiger partial charge in [-0.25, -0.2) is 4.39 Å². The Bertz CT molecular complexity index is 669. The molecule has 1 saturated carbocycles. The van der Waals surface area contributed by atoms with Crippen LogP contribution in [0.3, 0.4) is 0 Å². The van der Waals surface area contributed by atoms with Crippen LogP contribution in [0.5, 0.6) is 0 Å². The number of benzene rings is 1. The van der Waals surface area contributed by atoms with E-state index < -0.39 is 5.82 Å². The van der Waals surface area contributed by atoms with Crippen LogP contribution in [0.15, 0.2) is 18.2 Å². The molecule has 5 nitrogen and oxygen atoms in total. The molecule has 0 radical (unpaired) electrons. The number of halogens is 2. The number of rotatable bonds is 3. The lowest BCUT2D eigenvalue weighted by Gasteiger charge is -2.36. The van der Waals surface area contributed by atoms with Crippen molar-refractivity contribution in [3.63, 3.8) is 0 Å². The third-order valence-electron chi connectivity index (χ3n) is 5.45. The second-order valence-electron chi connectivity index (χ2n) is 7.30. The van der Waals surface area contributed by atoms with Crippen LogP contribution in [0.4, 0.5) is 10.1 Å². The van der Waals surface area contributed by atoms with Gasteiger partial charge < -0.3 is 15.1 Å². The van der Waals surface area contributed by atoms with Crippen molar-refractivity contribution in [2.24, 2.45) is 11.8 Å². The molecule has 7 heteroatoms. The summed E-state index contributed by atoms with van der Waals surface area (Å²) in [6, 6.07) is 4.16. The second kappa shape index (κ2) is 8.35. The molecule has 0 unspecified atom stereocenters. The van der Waals surface area contributed by atoms with Crippen molar-refractivity contribution >= 4 is 29.1 Å². The van der Waals surface area contributed by atoms with Crippen molar-refractivity contribution in [3.8, 4) is 0 Å². The molecular weight excluding hydrogens is 357 g/mol. The number of carbonyl (C=O) groups excluding carboxylic acids is 2. The summed E-state index contributed by atoms with van der Waals surface area (Å²) in [7, 11) is 2.07. The average molecular weight is 382 g/mol. The zero-order valence-corrected chi connectivity index (χ0v) is 15.8. The van der Waals surface area contributed by atoms with E-state index in [0.717, 1.165) is 39.0 Å².